The van der Waals surface area contributed by atoms with Crippen molar-refractivity contribution in [1.82, 2.24) is 0 Å². The summed E-state index contributed by atoms with van der Waals surface area (Å²) >= 11 is 0. The van der Waals surface area contributed by atoms with Gasteiger partial charge in [0.1, 0.15) is 23.2 Å². The normalized spacial score (nSPS) is 11.1. The highest BCUT2D eigenvalue weighted by Crippen LogP contribution is 2.59. The Balaban J connectivity index is 0.00000192. The fourth-order valence-corrected chi connectivity index (χ4v) is 7.94. The molecule has 0 amide bonds. The Hall–Kier alpha value is -1.43. The van der Waals surface area contributed by atoms with E-state index in [1.165, 1.54) is 15.9 Å². The topological polar surface area (TPSA) is 0 Å². The molecule has 0 heterocycles. The minimum atomic E-state index is -1.63. The first kappa shape index (κ1) is 17.9. The van der Waals surface area contributed by atoms with Gasteiger partial charge in [0.2, 0.25) is 0 Å². The maximum Gasteiger partial charge on any atom is 0.114 e. The van der Waals surface area contributed by atoms with Crippen LogP contribution in [0, 0.1) is 0 Å². The Morgan fingerprint density at radius 3 is 1.00 bits per heavy atom. The molecule has 3 aromatic rings. The van der Waals surface area contributed by atoms with Gasteiger partial charge in [-0.15, -0.1) is 17.0 Å². The van der Waals surface area contributed by atoms with E-state index in [-0.39, 0.29) is 17.0 Å². The Kier molecular flexibility index (Phi) is 6.16. The van der Waals surface area contributed by atoms with Crippen LogP contribution in [0.25, 0.3) is 0 Å². The van der Waals surface area contributed by atoms with Crippen LogP contribution in [-0.2, 0) is 0 Å². The molecule has 0 fully saturated rings. The van der Waals surface area contributed by atoms with E-state index >= 15 is 0 Å². The number of rotatable bonds is 4. The van der Waals surface area contributed by atoms with Gasteiger partial charge < -0.3 is 0 Å². The molecule has 0 atom stereocenters. The highest BCUT2D eigenvalue weighted by Gasteiger charge is 2.48. The highest BCUT2D eigenvalue weighted by atomic mass is 79.9. The number of benzene rings is 3. The van der Waals surface area contributed by atoms with Gasteiger partial charge in [0.15, 0.2) is 0 Å². The second-order valence-corrected chi connectivity index (χ2v) is 9.85. The molecule has 0 N–H and O–H groups in total. The van der Waals surface area contributed by atoms with Crippen LogP contribution < -0.4 is 15.9 Å². The molecule has 118 valence electrons. The van der Waals surface area contributed by atoms with Crippen LogP contribution in [-0.4, -0.2) is 5.66 Å². The molecule has 0 aromatic heterocycles. The monoisotopic (exact) mass is 385 g/mol. The Morgan fingerprint density at radius 1 is 0.522 bits per heavy atom. The van der Waals surface area contributed by atoms with E-state index in [1.54, 1.807) is 0 Å². The van der Waals surface area contributed by atoms with E-state index in [4.69, 9.17) is 0 Å². The van der Waals surface area contributed by atoms with Gasteiger partial charge in [0, 0.05) is 0 Å². The van der Waals surface area contributed by atoms with E-state index in [1.807, 2.05) is 0 Å². The van der Waals surface area contributed by atoms with Gasteiger partial charge >= 0.3 is 0 Å². The molecule has 0 aliphatic rings. The van der Waals surface area contributed by atoms with Gasteiger partial charge in [0.25, 0.3) is 0 Å². The van der Waals surface area contributed by atoms with Crippen LogP contribution in [0.4, 0.5) is 0 Å². The largest absolute Gasteiger partial charge is 0.114 e. The first-order chi connectivity index (χ1) is 10.8. The summed E-state index contributed by atoms with van der Waals surface area (Å²) in [5.74, 6) is 0. The SMILES string of the molecule is Br.CC(C)[P+](c1ccccc1)(c1ccccc1)c1ccccc1. The van der Waals surface area contributed by atoms with Crippen molar-refractivity contribution in [2.75, 3.05) is 0 Å². The predicted molar refractivity (Wildman–Crippen MR) is 111 cm³/mol. The highest BCUT2D eigenvalue weighted by molar-refractivity contribution is 8.93. The van der Waals surface area contributed by atoms with Crippen molar-refractivity contribution < 1.29 is 0 Å². The summed E-state index contributed by atoms with van der Waals surface area (Å²) in [6.45, 7) is 4.72. The van der Waals surface area contributed by atoms with Crippen LogP contribution in [0.15, 0.2) is 91.0 Å². The van der Waals surface area contributed by atoms with Crippen LogP contribution in [0.3, 0.4) is 0 Å². The summed E-state index contributed by atoms with van der Waals surface area (Å²) in [6, 6.07) is 33.1. The number of hydrogen-bond acceptors (Lipinski definition) is 0. The average molecular weight is 386 g/mol. The summed E-state index contributed by atoms with van der Waals surface area (Å²) in [5.41, 5.74) is 0.555. The third kappa shape index (κ3) is 3.27. The lowest BCUT2D eigenvalue weighted by Gasteiger charge is -2.31. The second kappa shape index (κ2) is 7.90. The summed E-state index contributed by atoms with van der Waals surface area (Å²) in [4.78, 5) is 0. The number of hydrogen-bond donors (Lipinski definition) is 0. The summed E-state index contributed by atoms with van der Waals surface area (Å²) in [7, 11) is -1.63. The molecular formula is C21H23BrP+. The fourth-order valence-electron chi connectivity index (χ4n) is 3.33. The summed E-state index contributed by atoms with van der Waals surface area (Å²) in [6.07, 6.45) is 0. The average Bonchev–Trinajstić information content (AvgIpc) is 2.58. The van der Waals surface area contributed by atoms with Gasteiger partial charge in [-0.05, 0) is 50.2 Å². The molecule has 0 unspecified atom stereocenters. The van der Waals surface area contributed by atoms with Gasteiger partial charge in [-0.25, -0.2) is 0 Å². The first-order valence-electron chi connectivity index (χ1n) is 7.82. The van der Waals surface area contributed by atoms with E-state index in [0.29, 0.717) is 5.66 Å². The maximum atomic E-state index is 2.36. The van der Waals surface area contributed by atoms with Crippen LogP contribution >= 0.6 is 24.2 Å². The molecule has 0 nitrogen and oxygen atoms in total. The van der Waals surface area contributed by atoms with Gasteiger partial charge in [-0.2, -0.15) is 0 Å². The van der Waals surface area contributed by atoms with E-state index in [2.05, 4.69) is 105 Å². The second-order valence-electron chi connectivity index (χ2n) is 5.82. The third-order valence-corrected chi connectivity index (χ3v) is 9.15. The van der Waals surface area contributed by atoms with E-state index in [9.17, 15) is 0 Å². The van der Waals surface area contributed by atoms with Crippen molar-refractivity contribution in [1.29, 1.82) is 0 Å². The van der Waals surface area contributed by atoms with Gasteiger partial charge in [-0.3, -0.25) is 0 Å². The molecule has 0 saturated carbocycles. The van der Waals surface area contributed by atoms with Crippen molar-refractivity contribution in [3.05, 3.63) is 91.0 Å². The number of halogens is 1. The minimum absolute atomic E-state index is 0. The van der Waals surface area contributed by atoms with E-state index in [0.717, 1.165) is 0 Å². The van der Waals surface area contributed by atoms with Crippen molar-refractivity contribution >= 4 is 40.2 Å². The Morgan fingerprint density at radius 2 is 0.783 bits per heavy atom. The smallest absolute Gasteiger partial charge is 0.114 e. The molecule has 0 bridgehead atoms. The summed E-state index contributed by atoms with van der Waals surface area (Å²) < 4.78 is 0. The van der Waals surface area contributed by atoms with Gasteiger partial charge in [-0.1, -0.05) is 54.6 Å². The summed E-state index contributed by atoms with van der Waals surface area (Å²) in [5, 5.41) is 4.38. The quantitative estimate of drug-likeness (QED) is 0.556. The Labute approximate surface area is 150 Å². The lowest BCUT2D eigenvalue weighted by atomic mass is 10.3. The van der Waals surface area contributed by atoms with Crippen LogP contribution in [0.5, 0.6) is 0 Å². The lowest BCUT2D eigenvalue weighted by Crippen LogP contribution is -2.36. The molecule has 0 aliphatic carbocycles. The zero-order valence-corrected chi connectivity index (χ0v) is 16.2. The third-order valence-electron chi connectivity index (χ3n) is 4.26. The minimum Gasteiger partial charge on any atom is -0.114 e. The van der Waals surface area contributed by atoms with Crippen molar-refractivity contribution in [2.45, 2.75) is 19.5 Å². The molecule has 0 saturated heterocycles. The zero-order valence-electron chi connectivity index (χ0n) is 13.6. The fraction of sp³-hybridized carbons (Fsp3) is 0.143. The lowest BCUT2D eigenvalue weighted by molar-refractivity contribution is 1.09. The van der Waals surface area contributed by atoms with Crippen molar-refractivity contribution in [3.8, 4) is 0 Å². The molecular weight excluding hydrogens is 363 g/mol. The molecule has 0 aliphatic heterocycles. The Bertz CT molecular complexity index is 612. The molecule has 3 aromatic carbocycles. The van der Waals surface area contributed by atoms with Crippen molar-refractivity contribution in [3.63, 3.8) is 0 Å². The molecule has 0 radical (unpaired) electrons. The standard InChI is InChI=1S/C21H22P.BrH/c1-18(2)22(19-12-6-3-7-13-19,20-14-8-4-9-15-20)21-16-10-5-11-17-21;/h3-18H,1-2H3;1H/q+1;. The first-order valence-corrected chi connectivity index (χ1v) is 9.67. The predicted octanol–water partition coefficient (Wildman–Crippen LogP) is 4.97. The van der Waals surface area contributed by atoms with Gasteiger partial charge in [0.05, 0.1) is 5.66 Å². The van der Waals surface area contributed by atoms with Crippen LogP contribution in [0.2, 0.25) is 0 Å². The molecule has 3 rings (SSSR count). The maximum absolute atomic E-state index is 2.36. The molecule has 23 heavy (non-hydrogen) atoms. The molecule has 0 spiro atoms. The van der Waals surface area contributed by atoms with Crippen LogP contribution in [0.1, 0.15) is 13.8 Å². The molecule has 2 heteroatoms. The zero-order chi connectivity index (χ0) is 15.4. The van der Waals surface area contributed by atoms with E-state index < -0.39 is 7.26 Å². The van der Waals surface area contributed by atoms with Crippen molar-refractivity contribution in [2.24, 2.45) is 0 Å².